The van der Waals surface area contributed by atoms with E-state index in [1.165, 1.54) is 6.07 Å². The molecule has 0 radical (unpaired) electrons. The van der Waals surface area contributed by atoms with Crippen molar-refractivity contribution in [3.63, 3.8) is 0 Å². The molecule has 0 aliphatic carbocycles. The Hall–Kier alpha value is -3.65. The highest BCUT2D eigenvalue weighted by Gasteiger charge is 2.28. The number of anilines is 2. The molecule has 3 aromatic rings. The molecule has 0 atom stereocenters. The van der Waals surface area contributed by atoms with Gasteiger partial charge in [-0.15, -0.1) is 0 Å². The molecule has 182 valence electrons. The number of nitrogens with zero attached hydrogens (tertiary/aromatic N) is 4. The SMILES string of the molecule is COc1ccccc1-c1ccc(C(=O)N2CCOCC2)c(N2CCN(c3ccccc3F)CC2)n1. The Bertz CT molecular complexity index is 1190. The fourth-order valence-corrected chi connectivity index (χ4v) is 4.67. The van der Waals surface area contributed by atoms with Crippen molar-refractivity contribution in [2.45, 2.75) is 0 Å². The second kappa shape index (κ2) is 10.3. The second-order valence-electron chi connectivity index (χ2n) is 8.60. The smallest absolute Gasteiger partial charge is 0.257 e. The molecule has 35 heavy (non-hydrogen) atoms. The molecule has 1 aromatic heterocycles. The maximum Gasteiger partial charge on any atom is 0.257 e. The third kappa shape index (κ3) is 4.79. The molecule has 7 nitrogen and oxygen atoms in total. The Balaban J connectivity index is 1.47. The van der Waals surface area contributed by atoms with Crippen molar-refractivity contribution in [1.29, 1.82) is 0 Å². The number of aromatic nitrogens is 1. The fourth-order valence-electron chi connectivity index (χ4n) is 4.67. The molecule has 8 heteroatoms. The van der Waals surface area contributed by atoms with Crippen LogP contribution in [-0.2, 0) is 4.74 Å². The van der Waals surface area contributed by atoms with Gasteiger partial charge in [-0.2, -0.15) is 0 Å². The monoisotopic (exact) mass is 476 g/mol. The number of halogens is 1. The number of hydrogen-bond donors (Lipinski definition) is 0. The first kappa shape index (κ1) is 23.1. The van der Waals surface area contributed by atoms with Crippen LogP contribution in [0.3, 0.4) is 0 Å². The van der Waals surface area contributed by atoms with Crippen LogP contribution in [0.1, 0.15) is 10.4 Å². The summed E-state index contributed by atoms with van der Waals surface area (Å²) in [6, 6.07) is 18.3. The molecule has 0 unspecified atom stereocenters. The summed E-state index contributed by atoms with van der Waals surface area (Å²) in [6.07, 6.45) is 0. The number of para-hydroxylation sites is 2. The maximum absolute atomic E-state index is 14.3. The molecule has 2 fully saturated rings. The number of pyridine rings is 1. The Kier molecular flexibility index (Phi) is 6.81. The van der Waals surface area contributed by atoms with E-state index in [2.05, 4.69) is 4.90 Å². The van der Waals surface area contributed by atoms with Crippen LogP contribution in [0.2, 0.25) is 0 Å². The van der Waals surface area contributed by atoms with Crippen LogP contribution >= 0.6 is 0 Å². The third-order valence-corrected chi connectivity index (χ3v) is 6.56. The molecule has 0 N–H and O–H groups in total. The molecule has 0 spiro atoms. The lowest BCUT2D eigenvalue weighted by atomic mass is 10.1. The highest BCUT2D eigenvalue weighted by Crippen LogP contribution is 2.32. The zero-order valence-electron chi connectivity index (χ0n) is 19.8. The number of amides is 1. The molecule has 3 heterocycles. The Morgan fingerprint density at radius 1 is 0.886 bits per heavy atom. The van der Waals surface area contributed by atoms with E-state index in [9.17, 15) is 9.18 Å². The number of benzene rings is 2. The summed E-state index contributed by atoms with van der Waals surface area (Å²) in [5.74, 6) is 1.11. The first-order valence-corrected chi connectivity index (χ1v) is 11.9. The number of carbonyl (C=O) groups is 1. The lowest BCUT2D eigenvalue weighted by molar-refractivity contribution is 0.0303. The number of piperazine rings is 1. The topological polar surface area (TPSA) is 58.1 Å². The Morgan fingerprint density at radius 3 is 2.31 bits per heavy atom. The van der Waals surface area contributed by atoms with Crippen LogP contribution in [0.25, 0.3) is 11.3 Å². The van der Waals surface area contributed by atoms with Gasteiger partial charge in [0.25, 0.3) is 5.91 Å². The van der Waals surface area contributed by atoms with E-state index in [0.29, 0.717) is 69.6 Å². The van der Waals surface area contributed by atoms with E-state index in [1.54, 1.807) is 19.2 Å². The zero-order valence-corrected chi connectivity index (χ0v) is 19.8. The second-order valence-corrected chi connectivity index (χ2v) is 8.60. The summed E-state index contributed by atoms with van der Waals surface area (Å²) in [6.45, 7) is 4.71. The summed E-state index contributed by atoms with van der Waals surface area (Å²) in [4.78, 5) is 24.5. The summed E-state index contributed by atoms with van der Waals surface area (Å²) >= 11 is 0. The van der Waals surface area contributed by atoms with Gasteiger partial charge >= 0.3 is 0 Å². The third-order valence-electron chi connectivity index (χ3n) is 6.56. The van der Waals surface area contributed by atoms with Crippen molar-refractivity contribution >= 4 is 17.4 Å². The van der Waals surface area contributed by atoms with E-state index in [-0.39, 0.29) is 11.7 Å². The predicted octanol–water partition coefficient (Wildman–Crippen LogP) is 3.70. The molecule has 2 aliphatic heterocycles. The first-order valence-electron chi connectivity index (χ1n) is 11.9. The van der Waals surface area contributed by atoms with Gasteiger partial charge in [0, 0.05) is 44.8 Å². The lowest BCUT2D eigenvalue weighted by Gasteiger charge is -2.38. The molecule has 2 aromatic carbocycles. The quantitative estimate of drug-likeness (QED) is 0.560. The number of rotatable bonds is 5. The number of hydrogen-bond acceptors (Lipinski definition) is 6. The Labute approximate surface area is 204 Å². The molecular formula is C27H29FN4O3. The highest BCUT2D eigenvalue weighted by atomic mass is 19.1. The summed E-state index contributed by atoms with van der Waals surface area (Å²) in [5, 5.41) is 0. The van der Waals surface area contributed by atoms with Crippen LogP contribution in [0.15, 0.2) is 60.7 Å². The number of methoxy groups -OCH3 is 1. The van der Waals surface area contributed by atoms with Crippen LogP contribution in [0, 0.1) is 5.82 Å². The molecule has 5 rings (SSSR count). The molecule has 2 saturated heterocycles. The summed E-state index contributed by atoms with van der Waals surface area (Å²) < 4.78 is 25.3. The average molecular weight is 477 g/mol. The van der Waals surface area contributed by atoms with Crippen molar-refractivity contribution in [3.8, 4) is 17.0 Å². The maximum atomic E-state index is 14.3. The fraction of sp³-hybridized carbons (Fsp3) is 0.333. The number of ether oxygens (including phenoxy) is 2. The molecule has 1 amide bonds. The normalized spacial score (nSPS) is 16.3. The largest absolute Gasteiger partial charge is 0.496 e. The minimum absolute atomic E-state index is 0.0427. The van der Waals surface area contributed by atoms with Gasteiger partial charge in [-0.1, -0.05) is 24.3 Å². The number of carbonyl (C=O) groups excluding carboxylic acids is 1. The van der Waals surface area contributed by atoms with Crippen molar-refractivity contribution in [2.24, 2.45) is 0 Å². The van der Waals surface area contributed by atoms with E-state index in [0.717, 1.165) is 17.0 Å². The first-order chi connectivity index (χ1) is 17.2. The van der Waals surface area contributed by atoms with Gasteiger partial charge in [0.05, 0.1) is 37.3 Å². The van der Waals surface area contributed by atoms with Crippen LogP contribution in [-0.4, -0.2) is 75.4 Å². The predicted molar refractivity (Wildman–Crippen MR) is 134 cm³/mol. The molecular weight excluding hydrogens is 447 g/mol. The molecule has 0 bridgehead atoms. The van der Waals surface area contributed by atoms with Gasteiger partial charge in [0.1, 0.15) is 17.4 Å². The van der Waals surface area contributed by atoms with Gasteiger partial charge in [-0.25, -0.2) is 9.37 Å². The zero-order chi connectivity index (χ0) is 24.2. The molecule has 2 aliphatic rings. The Morgan fingerprint density at radius 2 is 1.57 bits per heavy atom. The van der Waals surface area contributed by atoms with Crippen molar-refractivity contribution < 1.29 is 18.7 Å². The van der Waals surface area contributed by atoms with Crippen molar-refractivity contribution in [3.05, 3.63) is 72.0 Å². The van der Waals surface area contributed by atoms with E-state index in [4.69, 9.17) is 14.5 Å². The van der Waals surface area contributed by atoms with E-state index in [1.807, 2.05) is 52.3 Å². The summed E-state index contributed by atoms with van der Waals surface area (Å²) in [7, 11) is 1.64. The molecule has 0 saturated carbocycles. The van der Waals surface area contributed by atoms with Gasteiger partial charge in [0.2, 0.25) is 0 Å². The van der Waals surface area contributed by atoms with Crippen molar-refractivity contribution in [1.82, 2.24) is 9.88 Å². The van der Waals surface area contributed by atoms with Crippen LogP contribution < -0.4 is 14.5 Å². The van der Waals surface area contributed by atoms with E-state index < -0.39 is 0 Å². The van der Waals surface area contributed by atoms with Gasteiger partial charge < -0.3 is 24.2 Å². The standard InChI is InChI=1S/C27H29FN4O3/c1-34-25-9-5-2-6-20(25)23-11-10-21(27(33)32-16-18-35-19-17-32)26(29-23)31-14-12-30(13-15-31)24-8-4-3-7-22(24)28/h2-11H,12-19H2,1H3. The van der Waals surface area contributed by atoms with Gasteiger partial charge in [-0.05, 0) is 36.4 Å². The van der Waals surface area contributed by atoms with E-state index >= 15 is 0 Å². The minimum Gasteiger partial charge on any atom is -0.496 e. The highest BCUT2D eigenvalue weighted by molar-refractivity contribution is 5.99. The average Bonchev–Trinajstić information content (AvgIpc) is 2.93. The van der Waals surface area contributed by atoms with Gasteiger partial charge in [-0.3, -0.25) is 4.79 Å². The van der Waals surface area contributed by atoms with Crippen LogP contribution in [0.5, 0.6) is 5.75 Å². The van der Waals surface area contributed by atoms with Crippen LogP contribution in [0.4, 0.5) is 15.9 Å². The number of morpholine rings is 1. The lowest BCUT2D eigenvalue weighted by Crippen LogP contribution is -2.48. The minimum atomic E-state index is -0.222. The summed E-state index contributed by atoms with van der Waals surface area (Å²) in [5.41, 5.74) is 2.79. The van der Waals surface area contributed by atoms with Gasteiger partial charge in [0.15, 0.2) is 0 Å². The van der Waals surface area contributed by atoms with Crippen molar-refractivity contribution in [2.75, 3.05) is 69.4 Å².